The maximum atomic E-state index is 13.0. The van der Waals surface area contributed by atoms with Gasteiger partial charge in [-0.15, -0.1) is 0 Å². The maximum Gasteiger partial charge on any atom is 0.441 e. The zero-order valence-electron chi connectivity index (χ0n) is 17.4. The first-order chi connectivity index (χ1) is 15.7. The minimum absolute atomic E-state index is 0.195. The van der Waals surface area contributed by atoms with E-state index in [0.29, 0.717) is 22.1 Å². The zero-order chi connectivity index (χ0) is 23.8. The minimum atomic E-state index is -4.70. The minimum Gasteiger partial charge on any atom is -0.493 e. The molecule has 0 bridgehead atoms. The van der Waals surface area contributed by atoms with Crippen LogP contribution in [0.1, 0.15) is 24.2 Å². The highest BCUT2D eigenvalue weighted by Crippen LogP contribution is 2.36. The molecular weight excluding hydrogens is 457 g/mol. The zero-order valence-corrected chi connectivity index (χ0v) is 18.2. The summed E-state index contributed by atoms with van der Waals surface area (Å²) in [6.07, 6.45) is -3.60. The van der Waals surface area contributed by atoms with E-state index in [2.05, 4.69) is 10.1 Å². The van der Waals surface area contributed by atoms with Gasteiger partial charge in [-0.25, -0.2) is 0 Å². The van der Waals surface area contributed by atoms with E-state index in [1.54, 1.807) is 18.2 Å². The van der Waals surface area contributed by atoms with E-state index >= 15 is 0 Å². The number of fused-ring (bicyclic) bond motifs is 1. The molecule has 4 rings (SSSR count). The fourth-order valence-electron chi connectivity index (χ4n) is 3.13. The van der Waals surface area contributed by atoms with Crippen molar-refractivity contribution in [2.75, 3.05) is 7.11 Å². The molecule has 170 valence electrons. The predicted octanol–water partition coefficient (Wildman–Crippen LogP) is 5.02. The van der Waals surface area contributed by atoms with Crippen LogP contribution in [0.25, 0.3) is 6.08 Å². The first-order valence-corrected chi connectivity index (χ1v) is 10.5. The summed E-state index contributed by atoms with van der Waals surface area (Å²) in [6.45, 7) is 1.89. The lowest BCUT2D eigenvalue weighted by molar-refractivity contribution is -0.114. The van der Waals surface area contributed by atoms with Crippen molar-refractivity contribution in [1.29, 1.82) is 5.41 Å². The molecule has 7 nitrogen and oxygen atoms in total. The van der Waals surface area contributed by atoms with Crippen LogP contribution in [0.15, 0.2) is 64.2 Å². The molecule has 0 aromatic heterocycles. The number of rotatable bonds is 5. The number of aliphatic imine (C=N–C) groups is 1. The summed E-state index contributed by atoms with van der Waals surface area (Å²) in [7, 11) is 1.46. The molecule has 11 heteroatoms. The van der Waals surface area contributed by atoms with E-state index < -0.39 is 23.0 Å². The number of hydrazone groups is 1. The number of nitrogens with zero attached hydrogens (tertiary/aromatic N) is 3. The van der Waals surface area contributed by atoms with Crippen LogP contribution in [0, 0.1) is 5.41 Å². The molecule has 2 aliphatic heterocycles. The molecule has 0 saturated heterocycles. The number of hydrogen-bond donors (Lipinski definition) is 1. The molecule has 2 aliphatic rings. The van der Waals surface area contributed by atoms with E-state index in [1.807, 2.05) is 37.3 Å². The van der Waals surface area contributed by atoms with Crippen molar-refractivity contribution in [2.45, 2.75) is 19.2 Å². The molecular formula is C22H17F3N4O3S. The second kappa shape index (κ2) is 8.74. The third kappa shape index (κ3) is 4.63. The second-order valence-electron chi connectivity index (χ2n) is 7.00. The number of ether oxygens (including phenoxy) is 2. The normalized spacial score (nSPS) is 18.1. The van der Waals surface area contributed by atoms with Gasteiger partial charge in [-0.3, -0.25) is 10.2 Å². The van der Waals surface area contributed by atoms with Gasteiger partial charge < -0.3 is 9.47 Å². The molecule has 1 N–H and O–H groups in total. The number of amides is 1. The van der Waals surface area contributed by atoms with E-state index in [1.165, 1.54) is 13.2 Å². The number of hydrogen-bond acceptors (Lipinski definition) is 6. The highest BCUT2D eigenvalue weighted by Gasteiger charge is 2.46. The summed E-state index contributed by atoms with van der Waals surface area (Å²) in [5.41, 5.74) is 1.26. The smallest absolute Gasteiger partial charge is 0.441 e. The van der Waals surface area contributed by atoms with Crippen LogP contribution in [-0.2, 0) is 4.79 Å². The third-order valence-electron chi connectivity index (χ3n) is 4.77. The summed E-state index contributed by atoms with van der Waals surface area (Å²) in [4.78, 5) is 16.1. The lowest BCUT2D eigenvalue weighted by atomic mass is 10.1. The van der Waals surface area contributed by atoms with Gasteiger partial charge >= 0.3 is 6.18 Å². The number of carbonyl (C=O) groups is 1. The molecule has 2 aromatic carbocycles. The van der Waals surface area contributed by atoms with Gasteiger partial charge in [0.15, 0.2) is 17.3 Å². The van der Waals surface area contributed by atoms with Crippen LogP contribution < -0.4 is 9.47 Å². The average molecular weight is 474 g/mol. The van der Waals surface area contributed by atoms with E-state index in [9.17, 15) is 18.0 Å². The largest absolute Gasteiger partial charge is 0.493 e. The van der Waals surface area contributed by atoms with Crippen LogP contribution in [-0.4, -0.2) is 40.2 Å². The molecule has 1 amide bonds. The summed E-state index contributed by atoms with van der Waals surface area (Å²) >= 11 is 0.205. The fraction of sp³-hybridized carbons (Fsp3) is 0.182. The molecule has 2 heterocycles. The van der Waals surface area contributed by atoms with Crippen molar-refractivity contribution in [2.24, 2.45) is 10.1 Å². The van der Waals surface area contributed by atoms with Crippen molar-refractivity contribution in [3.63, 3.8) is 0 Å². The Labute approximate surface area is 191 Å². The first-order valence-electron chi connectivity index (χ1n) is 9.64. The Morgan fingerprint density at radius 1 is 1.15 bits per heavy atom. The summed E-state index contributed by atoms with van der Waals surface area (Å²) < 4.78 is 50.3. The van der Waals surface area contributed by atoms with Crippen molar-refractivity contribution in [3.8, 4) is 11.5 Å². The average Bonchev–Trinajstić information content (AvgIpc) is 3.23. The van der Waals surface area contributed by atoms with Crippen LogP contribution in [0.3, 0.4) is 0 Å². The van der Waals surface area contributed by atoms with Crippen molar-refractivity contribution in [1.82, 2.24) is 5.01 Å². The molecule has 0 fully saturated rings. The third-order valence-corrected chi connectivity index (χ3v) is 5.72. The maximum absolute atomic E-state index is 13.0. The Morgan fingerprint density at radius 2 is 1.88 bits per heavy atom. The van der Waals surface area contributed by atoms with Crippen LogP contribution in [0.5, 0.6) is 11.5 Å². The molecule has 2 aromatic rings. The Hall–Kier alpha value is -3.60. The van der Waals surface area contributed by atoms with Gasteiger partial charge in [-0.2, -0.15) is 28.3 Å². The first kappa shape index (κ1) is 22.6. The Balaban J connectivity index is 1.60. The quantitative estimate of drug-likeness (QED) is 0.615. The number of methoxy groups -OCH3 is 1. The van der Waals surface area contributed by atoms with Gasteiger partial charge in [-0.1, -0.05) is 36.4 Å². The predicted molar refractivity (Wildman–Crippen MR) is 120 cm³/mol. The molecule has 1 unspecified atom stereocenters. The summed E-state index contributed by atoms with van der Waals surface area (Å²) in [5, 5.41) is 10.8. The second-order valence-corrected chi connectivity index (χ2v) is 7.96. The van der Waals surface area contributed by atoms with Crippen LogP contribution >= 0.6 is 11.8 Å². The molecule has 0 saturated carbocycles. The van der Waals surface area contributed by atoms with Gasteiger partial charge in [-0.05, 0) is 48.0 Å². The Morgan fingerprint density at radius 3 is 2.55 bits per heavy atom. The number of benzene rings is 2. The number of carbonyl (C=O) groups excluding carboxylic acids is 1. The monoisotopic (exact) mass is 474 g/mol. The summed E-state index contributed by atoms with van der Waals surface area (Å²) in [5.74, 6) is -0.458. The number of thioether (sulfide) groups is 1. The highest BCUT2D eigenvalue weighted by atomic mass is 32.2. The van der Waals surface area contributed by atoms with Gasteiger partial charge in [0.25, 0.3) is 5.91 Å². The van der Waals surface area contributed by atoms with Crippen LogP contribution in [0.2, 0.25) is 0 Å². The standard InChI is InChI=1S/C22H17F3N4O3S/c1-12(14-6-4-3-5-7-14)32-16-9-8-13(11-17(16)31-2)10-15-18(26)29-21(27-19(15)30)33-20(28-29)22(23,24)25/h3-12,26H,1-2H3. The van der Waals surface area contributed by atoms with Gasteiger partial charge in [0.05, 0.1) is 12.7 Å². The van der Waals surface area contributed by atoms with E-state index in [4.69, 9.17) is 14.9 Å². The van der Waals surface area contributed by atoms with Gasteiger partial charge in [0.1, 0.15) is 6.10 Å². The van der Waals surface area contributed by atoms with Crippen LogP contribution in [0.4, 0.5) is 13.2 Å². The van der Waals surface area contributed by atoms with Crippen molar-refractivity contribution < 1.29 is 27.4 Å². The Bertz CT molecular complexity index is 1210. The Kier molecular flexibility index (Phi) is 5.98. The van der Waals surface area contributed by atoms with Gasteiger partial charge in [0, 0.05) is 0 Å². The number of nitrogens with one attached hydrogen (secondary N) is 1. The molecule has 1 atom stereocenters. The van der Waals surface area contributed by atoms with Crippen molar-refractivity contribution >= 4 is 39.8 Å². The lowest BCUT2D eigenvalue weighted by Gasteiger charge is -2.20. The highest BCUT2D eigenvalue weighted by molar-refractivity contribution is 8.27. The molecule has 0 radical (unpaired) electrons. The number of amidine groups is 2. The topological polar surface area (TPSA) is 87.3 Å². The molecule has 33 heavy (non-hydrogen) atoms. The number of halogens is 3. The van der Waals surface area contributed by atoms with E-state index in [0.717, 1.165) is 5.56 Å². The van der Waals surface area contributed by atoms with E-state index in [-0.39, 0.29) is 28.6 Å². The van der Waals surface area contributed by atoms with Gasteiger partial charge in [0.2, 0.25) is 10.2 Å². The fourth-order valence-corrected chi connectivity index (χ4v) is 3.89. The lowest BCUT2D eigenvalue weighted by Crippen LogP contribution is -2.35. The SMILES string of the molecule is COc1cc(C=C2C(=N)N3N=C(C(F)(F)F)SC3=NC2=O)ccc1OC(C)c1ccccc1. The number of alkyl halides is 3. The summed E-state index contributed by atoms with van der Waals surface area (Å²) in [6, 6.07) is 14.5. The van der Waals surface area contributed by atoms with Crippen molar-refractivity contribution in [3.05, 3.63) is 65.2 Å². The molecule has 0 spiro atoms. The molecule has 0 aliphatic carbocycles.